The summed E-state index contributed by atoms with van der Waals surface area (Å²) >= 11 is 0. The SMILES string of the molecule is CCCCCCNC(=O)N(C)C(C)c1ccc(-n2cncn2)cc1. The third kappa shape index (κ3) is 4.81. The molecule has 0 aliphatic rings. The van der Waals surface area contributed by atoms with Crippen molar-refractivity contribution in [2.45, 2.75) is 45.6 Å². The second-order valence-electron chi connectivity index (χ2n) is 6.01. The van der Waals surface area contributed by atoms with Crippen molar-refractivity contribution in [1.29, 1.82) is 0 Å². The van der Waals surface area contributed by atoms with Crippen molar-refractivity contribution in [3.63, 3.8) is 0 Å². The van der Waals surface area contributed by atoms with Gasteiger partial charge in [-0.05, 0) is 31.0 Å². The number of nitrogens with one attached hydrogen (secondary N) is 1. The maximum Gasteiger partial charge on any atom is 0.317 e. The second-order valence-corrected chi connectivity index (χ2v) is 6.01. The van der Waals surface area contributed by atoms with Crippen LogP contribution in [0, 0.1) is 0 Å². The molecule has 6 heteroatoms. The van der Waals surface area contributed by atoms with Crippen molar-refractivity contribution in [3.05, 3.63) is 42.5 Å². The molecule has 0 spiro atoms. The van der Waals surface area contributed by atoms with Crippen LogP contribution in [0.3, 0.4) is 0 Å². The van der Waals surface area contributed by atoms with Crippen molar-refractivity contribution in [1.82, 2.24) is 25.0 Å². The lowest BCUT2D eigenvalue weighted by Gasteiger charge is -2.25. The minimum atomic E-state index is -0.0284. The topological polar surface area (TPSA) is 63.1 Å². The van der Waals surface area contributed by atoms with E-state index in [0.717, 1.165) is 24.2 Å². The van der Waals surface area contributed by atoms with Crippen molar-refractivity contribution in [3.8, 4) is 5.69 Å². The molecule has 0 radical (unpaired) electrons. The Labute approximate surface area is 143 Å². The first-order valence-electron chi connectivity index (χ1n) is 8.59. The summed E-state index contributed by atoms with van der Waals surface area (Å²) in [5.74, 6) is 0. The zero-order valence-electron chi connectivity index (χ0n) is 14.8. The predicted molar refractivity (Wildman–Crippen MR) is 95.1 cm³/mol. The number of nitrogens with zero attached hydrogens (tertiary/aromatic N) is 4. The Morgan fingerprint density at radius 1 is 1.25 bits per heavy atom. The van der Waals surface area contributed by atoms with E-state index in [1.54, 1.807) is 15.9 Å². The molecule has 1 N–H and O–H groups in total. The first-order chi connectivity index (χ1) is 11.6. The average molecular weight is 329 g/mol. The molecule has 130 valence electrons. The van der Waals surface area contributed by atoms with Crippen LogP contribution in [-0.4, -0.2) is 39.3 Å². The number of hydrogen-bond acceptors (Lipinski definition) is 3. The molecule has 0 aliphatic carbocycles. The zero-order valence-corrected chi connectivity index (χ0v) is 14.8. The number of hydrogen-bond donors (Lipinski definition) is 1. The van der Waals surface area contributed by atoms with E-state index in [0.29, 0.717) is 0 Å². The van der Waals surface area contributed by atoms with Gasteiger partial charge in [-0.2, -0.15) is 5.10 Å². The number of amides is 2. The molecule has 0 bridgehead atoms. The van der Waals surface area contributed by atoms with Gasteiger partial charge in [0.05, 0.1) is 11.7 Å². The summed E-state index contributed by atoms with van der Waals surface area (Å²) in [6.45, 7) is 4.95. The third-order valence-corrected chi connectivity index (χ3v) is 4.27. The number of benzene rings is 1. The first-order valence-corrected chi connectivity index (χ1v) is 8.59. The van der Waals surface area contributed by atoms with Crippen LogP contribution in [0.5, 0.6) is 0 Å². The smallest absolute Gasteiger partial charge is 0.317 e. The van der Waals surface area contributed by atoms with Crippen molar-refractivity contribution in [2.75, 3.05) is 13.6 Å². The minimum absolute atomic E-state index is 0.00504. The molecule has 2 amide bonds. The number of unbranched alkanes of at least 4 members (excludes halogenated alkanes) is 3. The molecule has 24 heavy (non-hydrogen) atoms. The van der Waals surface area contributed by atoms with E-state index in [2.05, 4.69) is 22.3 Å². The van der Waals surface area contributed by atoms with Gasteiger partial charge >= 0.3 is 6.03 Å². The Morgan fingerprint density at radius 2 is 2.00 bits per heavy atom. The van der Waals surface area contributed by atoms with Gasteiger partial charge in [0, 0.05) is 13.6 Å². The van der Waals surface area contributed by atoms with E-state index < -0.39 is 0 Å². The van der Waals surface area contributed by atoms with Crippen LogP contribution in [0.1, 0.15) is 51.1 Å². The highest BCUT2D eigenvalue weighted by molar-refractivity contribution is 5.74. The summed E-state index contributed by atoms with van der Waals surface area (Å²) in [5, 5.41) is 7.10. The van der Waals surface area contributed by atoms with Crippen LogP contribution in [0.4, 0.5) is 4.79 Å². The highest BCUT2D eigenvalue weighted by Crippen LogP contribution is 2.20. The molecular weight excluding hydrogens is 302 g/mol. The lowest BCUT2D eigenvalue weighted by atomic mass is 10.1. The van der Waals surface area contributed by atoms with Gasteiger partial charge in [0.15, 0.2) is 0 Å². The normalized spacial score (nSPS) is 12.0. The predicted octanol–water partition coefficient (Wildman–Crippen LogP) is 3.55. The van der Waals surface area contributed by atoms with Gasteiger partial charge in [-0.25, -0.2) is 14.5 Å². The van der Waals surface area contributed by atoms with Gasteiger partial charge in [-0.15, -0.1) is 0 Å². The molecule has 0 fully saturated rings. The zero-order chi connectivity index (χ0) is 17.4. The minimum Gasteiger partial charge on any atom is -0.338 e. The monoisotopic (exact) mass is 329 g/mol. The van der Waals surface area contributed by atoms with E-state index in [1.165, 1.54) is 25.6 Å². The Morgan fingerprint density at radius 3 is 2.62 bits per heavy atom. The summed E-state index contributed by atoms with van der Waals surface area (Å²) in [6.07, 6.45) is 7.80. The number of urea groups is 1. The van der Waals surface area contributed by atoms with E-state index in [9.17, 15) is 4.79 Å². The summed E-state index contributed by atoms with van der Waals surface area (Å²) in [7, 11) is 1.83. The highest BCUT2D eigenvalue weighted by atomic mass is 16.2. The van der Waals surface area contributed by atoms with Gasteiger partial charge in [0.25, 0.3) is 0 Å². The van der Waals surface area contributed by atoms with Crippen molar-refractivity contribution < 1.29 is 4.79 Å². The van der Waals surface area contributed by atoms with Crippen LogP contribution in [0.15, 0.2) is 36.9 Å². The van der Waals surface area contributed by atoms with Crippen LogP contribution in [0.25, 0.3) is 5.69 Å². The molecule has 0 saturated carbocycles. The molecule has 2 aromatic rings. The maximum atomic E-state index is 12.2. The fourth-order valence-corrected chi connectivity index (χ4v) is 2.52. The number of rotatable bonds is 8. The second kappa shape index (κ2) is 9.05. The number of aromatic nitrogens is 3. The molecule has 2 rings (SSSR count). The maximum absolute atomic E-state index is 12.2. The van der Waals surface area contributed by atoms with Crippen molar-refractivity contribution >= 4 is 6.03 Å². The fraction of sp³-hybridized carbons (Fsp3) is 0.500. The first kappa shape index (κ1) is 18.0. The lowest BCUT2D eigenvalue weighted by molar-refractivity contribution is 0.194. The van der Waals surface area contributed by atoms with E-state index in [1.807, 2.05) is 38.2 Å². The summed E-state index contributed by atoms with van der Waals surface area (Å²) in [4.78, 5) is 17.9. The Balaban J connectivity index is 1.87. The van der Waals surface area contributed by atoms with Crippen LogP contribution >= 0.6 is 0 Å². The molecule has 1 heterocycles. The van der Waals surface area contributed by atoms with Gasteiger partial charge in [-0.3, -0.25) is 0 Å². The van der Waals surface area contributed by atoms with Gasteiger partial charge in [0.2, 0.25) is 0 Å². The molecular formula is C18H27N5O. The Kier molecular flexibility index (Phi) is 6.78. The number of carbonyl (C=O) groups is 1. The molecule has 1 aromatic heterocycles. The Bertz CT molecular complexity index is 609. The standard InChI is InChI=1S/C18H27N5O/c1-4-5-6-7-12-20-18(24)22(3)15(2)16-8-10-17(11-9-16)23-14-19-13-21-23/h8-11,13-15H,4-7,12H2,1-3H3,(H,20,24). The fourth-order valence-electron chi connectivity index (χ4n) is 2.52. The van der Waals surface area contributed by atoms with E-state index >= 15 is 0 Å². The number of carbonyl (C=O) groups excluding carboxylic acids is 1. The molecule has 6 nitrogen and oxygen atoms in total. The molecule has 1 aromatic carbocycles. The van der Waals surface area contributed by atoms with Crippen LogP contribution in [-0.2, 0) is 0 Å². The molecule has 1 unspecified atom stereocenters. The van der Waals surface area contributed by atoms with Gasteiger partial charge in [0.1, 0.15) is 12.7 Å². The van der Waals surface area contributed by atoms with E-state index in [4.69, 9.17) is 0 Å². The molecule has 0 aliphatic heterocycles. The third-order valence-electron chi connectivity index (χ3n) is 4.27. The summed E-state index contributed by atoms with van der Waals surface area (Å²) < 4.78 is 1.71. The largest absolute Gasteiger partial charge is 0.338 e. The molecule has 1 atom stereocenters. The molecule has 0 saturated heterocycles. The quantitative estimate of drug-likeness (QED) is 0.753. The van der Waals surface area contributed by atoms with E-state index in [-0.39, 0.29) is 12.1 Å². The van der Waals surface area contributed by atoms with Crippen molar-refractivity contribution in [2.24, 2.45) is 0 Å². The van der Waals surface area contributed by atoms with Crippen LogP contribution < -0.4 is 5.32 Å². The lowest BCUT2D eigenvalue weighted by Crippen LogP contribution is -2.39. The van der Waals surface area contributed by atoms with Gasteiger partial charge in [-0.1, -0.05) is 38.3 Å². The summed E-state index contributed by atoms with van der Waals surface area (Å²) in [5.41, 5.74) is 2.04. The van der Waals surface area contributed by atoms with Crippen LogP contribution in [0.2, 0.25) is 0 Å². The summed E-state index contributed by atoms with van der Waals surface area (Å²) in [6, 6.07) is 7.98. The Hall–Kier alpha value is -2.37. The van der Waals surface area contributed by atoms with Gasteiger partial charge < -0.3 is 10.2 Å². The average Bonchev–Trinajstić information content (AvgIpc) is 3.15. The highest BCUT2D eigenvalue weighted by Gasteiger charge is 2.16.